The maximum Gasteiger partial charge on any atom is 0.348 e. The van der Waals surface area contributed by atoms with Crippen molar-refractivity contribution in [3.8, 4) is 0 Å². The third kappa shape index (κ3) is 3.36. The van der Waals surface area contributed by atoms with Gasteiger partial charge < -0.3 is 9.72 Å². The number of H-pyrrole nitrogens is 1. The molecule has 136 valence electrons. The third-order valence-electron chi connectivity index (χ3n) is 4.32. The van der Waals surface area contributed by atoms with Crippen LogP contribution in [0.4, 0.5) is 0 Å². The molecule has 4 aromatic rings. The van der Waals surface area contributed by atoms with Crippen molar-refractivity contribution >= 4 is 50.1 Å². The number of hydrogen-bond donors (Lipinski definition) is 1. The molecule has 0 aliphatic heterocycles. The van der Waals surface area contributed by atoms with Crippen molar-refractivity contribution in [3.63, 3.8) is 0 Å². The first-order valence-electron chi connectivity index (χ1n) is 8.29. The van der Waals surface area contributed by atoms with Gasteiger partial charge >= 0.3 is 5.97 Å². The van der Waals surface area contributed by atoms with Gasteiger partial charge in [0.15, 0.2) is 0 Å². The van der Waals surface area contributed by atoms with Gasteiger partial charge in [-0.25, -0.2) is 9.78 Å². The molecule has 0 spiro atoms. The van der Waals surface area contributed by atoms with Crippen LogP contribution in [-0.2, 0) is 10.5 Å². The van der Waals surface area contributed by atoms with Gasteiger partial charge in [0.1, 0.15) is 15.5 Å². The average Bonchev–Trinajstić information content (AvgIpc) is 3.02. The summed E-state index contributed by atoms with van der Waals surface area (Å²) in [5.74, 6) is 0.680. The minimum atomic E-state index is -0.443. The predicted molar refractivity (Wildman–Crippen MR) is 110 cm³/mol. The summed E-state index contributed by atoms with van der Waals surface area (Å²) in [5, 5.41) is 2.83. The van der Waals surface area contributed by atoms with Crippen LogP contribution < -0.4 is 5.56 Å². The van der Waals surface area contributed by atoms with Crippen LogP contribution >= 0.6 is 23.1 Å². The molecular formula is C20H16N2O3S2. The molecule has 0 amide bonds. The number of methoxy groups -OCH3 is 1. The molecule has 0 atom stereocenters. The van der Waals surface area contributed by atoms with E-state index in [1.165, 1.54) is 29.2 Å². The molecule has 0 unspecified atom stereocenters. The fraction of sp³-hybridized carbons (Fsp3) is 0.150. The van der Waals surface area contributed by atoms with Crippen molar-refractivity contribution in [2.45, 2.75) is 17.6 Å². The molecule has 0 aliphatic carbocycles. The maximum absolute atomic E-state index is 12.5. The third-order valence-corrected chi connectivity index (χ3v) is 6.49. The number of carbonyl (C=O) groups is 1. The van der Waals surface area contributed by atoms with Crippen molar-refractivity contribution in [1.82, 2.24) is 9.97 Å². The molecule has 27 heavy (non-hydrogen) atoms. The molecule has 4 rings (SSSR count). The van der Waals surface area contributed by atoms with E-state index >= 15 is 0 Å². The first-order chi connectivity index (χ1) is 13.1. The van der Waals surface area contributed by atoms with Crippen LogP contribution in [0.15, 0.2) is 52.2 Å². The normalized spacial score (nSPS) is 11.2. The summed E-state index contributed by atoms with van der Waals surface area (Å²) >= 11 is 2.80. The van der Waals surface area contributed by atoms with E-state index in [1.54, 1.807) is 18.7 Å². The van der Waals surface area contributed by atoms with Crippen LogP contribution in [0, 0.1) is 6.92 Å². The molecule has 2 aromatic heterocycles. The van der Waals surface area contributed by atoms with E-state index in [2.05, 4.69) is 40.3 Å². The summed E-state index contributed by atoms with van der Waals surface area (Å²) in [5.41, 5.74) is 0.391. The Hall–Kier alpha value is -2.64. The Morgan fingerprint density at radius 3 is 2.78 bits per heavy atom. The highest BCUT2D eigenvalue weighted by Crippen LogP contribution is 2.29. The summed E-state index contributed by atoms with van der Waals surface area (Å²) in [4.78, 5) is 33.8. The molecular weight excluding hydrogens is 380 g/mol. The average molecular weight is 396 g/mol. The van der Waals surface area contributed by atoms with Gasteiger partial charge in [-0.2, -0.15) is 0 Å². The molecule has 0 fully saturated rings. The predicted octanol–water partition coefficient (Wildman–Crippen LogP) is 4.53. The Morgan fingerprint density at radius 1 is 1.22 bits per heavy atom. The standard InChI is InChI=1S/C20H16N2O3S2/c1-11-16-18(23)21-15(22-19(16)27-17(11)20(24)25-2)10-26-14-8-7-12-5-3-4-6-13(12)9-14/h3-9H,10H2,1-2H3,(H,21,22,23). The molecule has 7 heteroatoms. The molecule has 2 heterocycles. The number of esters is 1. The Labute approximate surface area is 163 Å². The van der Waals surface area contributed by atoms with E-state index < -0.39 is 5.97 Å². The first kappa shape index (κ1) is 17.8. The number of nitrogens with one attached hydrogen (secondary N) is 1. The highest BCUT2D eigenvalue weighted by molar-refractivity contribution is 7.98. The van der Waals surface area contributed by atoms with Gasteiger partial charge in [-0.05, 0) is 35.4 Å². The van der Waals surface area contributed by atoms with Gasteiger partial charge in [-0.3, -0.25) is 4.79 Å². The van der Waals surface area contributed by atoms with Crippen LogP contribution in [0.3, 0.4) is 0 Å². The van der Waals surface area contributed by atoms with E-state index in [9.17, 15) is 9.59 Å². The van der Waals surface area contributed by atoms with E-state index in [-0.39, 0.29) is 5.56 Å². The van der Waals surface area contributed by atoms with E-state index in [0.717, 1.165) is 4.90 Å². The zero-order valence-electron chi connectivity index (χ0n) is 14.7. The maximum atomic E-state index is 12.5. The smallest absolute Gasteiger partial charge is 0.348 e. The highest BCUT2D eigenvalue weighted by Gasteiger charge is 2.19. The summed E-state index contributed by atoms with van der Waals surface area (Å²) in [6, 6.07) is 14.5. The summed E-state index contributed by atoms with van der Waals surface area (Å²) in [6.07, 6.45) is 0. The second kappa shape index (κ2) is 7.17. The number of thiophene rings is 1. The van der Waals surface area contributed by atoms with Crippen LogP contribution in [0.25, 0.3) is 21.0 Å². The number of thioether (sulfide) groups is 1. The first-order valence-corrected chi connectivity index (χ1v) is 10.1. The molecule has 0 bridgehead atoms. The molecule has 0 saturated heterocycles. The molecule has 0 aliphatic rings. The van der Waals surface area contributed by atoms with Crippen LogP contribution in [0.5, 0.6) is 0 Å². The van der Waals surface area contributed by atoms with Crippen LogP contribution in [0.2, 0.25) is 0 Å². The van der Waals surface area contributed by atoms with E-state index in [4.69, 9.17) is 4.74 Å². The molecule has 5 nitrogen and oxygen atoms in total. The lowest BCUT2D eigenvalue weighted by molar-refractivity contribution is 0.0605. The fourth-order valence-corrected chi connectivity index (χ4v) is 4.89. The summed E-state index contributed by atoms with van der Waals surface area (Å²) in [6.45, 7) is 1.74. The van der Waals surface area contributed by atoms with Crippen molar-refractivity contribution in [3.05, 3.63) is 69.1 Å². The number of aryl methyl sites for hydroxylation is 1. The monoisotopic (exact) mass is 396 g/mol. The number of nitrogens with zero attached hydrogens (tertiary/aromatic N) is 1. The topological polar surface area (TPSA) is 72.0 Å². The van der Waals surface area contributed by atoms with E-state index in [1.807, 2.05) is 12.1 Å². The number of ether oxygens (including phenoxy) is 1. The minimum Gasteiger partial charge on any atom is -0.465 e. The quantitative estimate of drug-likeness (QED) is 0.405. The number of aromatic amines is 1. The number of hydrogen-bond acceptors (Lipinski definition) is 6. The van der Waals surface area contributed by atoms with Crippen LogP contribution in [0.1, 0.15) is 21.1 Å². The fourth-order valence-electron chi connectivity index (χ4n) is 2.95. The van der Waals surface area contributed by atoms with E-state index in [0.29, 0.717) is 32.2 Å². The molecule has 1 N–H and O–H groups in total. The van der Waals surface area contributed by atoms with Gasteiger partial charge in [0.2, 0.25) is 0 Å². The Kier molecular flexibility index (Phi) is 4.72. The van der Waals surface area contributed by atoms with Crippen molar-refractivity contribution < 1.29 is 9.53 Å². The highest BCUT2D eigenvalue weighted by atomic mass is 32.2. The van der Waals surface area contributed by atoms with Crippen molar-refractivity contribution in [2.24, 2.45) is 0 Å². The zero-order chi connectivity index (χ0) is 19.0. The lowest BCUT2D eigenvalue weighted by Crippen LogP contribution is -2.11. The number of fused-ring (bicyclic) bond motifs is 2. The number of rotatable bonds is 4. The Bertz CT molecular complexity index is 1230. The second-order valence-electron chi connectivity index (χ2n) is 6.04. The summed E-state index contributed by atoms with van der Waals surface area (Å²) in [7, 11) is 1.33. The van der Waals surface area contributed by atoms with Gasteiger partial charge in [0, 0.05) is 4.90 Å². The molecule has 0 saturated carbocycles. The van der Waals surface area contributed by atoms with Crippen LogP contribution in [-0.4, -0.2) is 23.0 Å². The van der Waals surface area contributed by atoms with Gasteiger partial charge in [-0.1, -0.05) is 30.3 Å². The largest absolute Gasteiger partial charge is 0.465 e. The van der Waals surface area contributed by atoms with Crippen molar-refractivity contribution in [1.29, 1.82) is 0 Å². The van der Waals surface area contributed by atoms with Crippen molar-refractivity contribution in [2.75, 3.05) is 7.11 Å². The number of aromatic nitrogens is 2. The van der Waals surface area contributed by atoms with Gasteiger partial charge in [0.25, 0.3) is 5.56 Å². The van der Waals surface area contributed by atoms with Gasteiger partial charge in [-0.15, -0.1) is 23.1 Å². The zero-order valence-corrected chi connectivity index (χ0v) is 16.4. The Balaban J connectivity index is 1.63. The van der Waals surface area contributed by atoms with Gasteiger partial charge in [0.05, 0.1) is 18.2 Å². The minimum absolute atomic E-state index is 0.224. The number of benzene rings is 2. The Morgan fingerprint density at radius 2 is 2.00 bits per heavy atom. The molecule has 0 radical (unpaired) electrons. The summed E-state index contributed by atoms with van der Waals surface area (Å²) < 4.78 is 4.78. The second-order valence-corrected chi connectivity index (χ2v) is 8.09. The lowest BCUT2D eigenvalue weighted by Gasteiger charge is -2.04. The number of carbonyl (C=O) groups excluding carboxylic acids is 1. The molecule has 2 aromatic carbocycles. The lowest BCUT2D eigenvalue weighted by atomic mass is 10.1. The SMILES string of the molecule is COC(=O)c1sc2nc(CSc3ccc4ccccc4c3)[nH]c(=O)c2c1C.